The molecule has 160 valence electrons. The Balaban J connectivity index is 1.69. The molecule has 2 heterocycles. The molecule has 0 aliphatic carbocycles. The Morgan fingerprint density at radius 3 is 2.68 bits per heavy atom. The molecule has 2 aromatic heterocycles. The molecule has 0 amide bonds. The van der Waals surface area contributed by atoms with Crippen LogP contribution in [0.15, 0.2) is 66.0 Å². The second kappa shape index (κ2) is 8.25. The molecule has 0 bridgehead atoms. The lowest BCUT2D eigenvalue weighted by molar-refractivity contribution is 0.390. The average molecular weight is 439 g/mol. The highest BCUT2D eigenvalue weighted by molar-refractivity contribution is 7.89. The van der Waals surface area contributed by atoms with E-state index in [1.165, 1.54) is 17.9 Å². The van der Waals surface area contributed by atoms with Gasteiger partial charge in [-0.25, -0.2) is 17.8 Å². The van der Waals surface area contributed by atoms with Crippen LogP contribution in [0.5, 0.6) is 11.5 Å². The van der Waals surface area contributed by atoms with E-state index in [9.17, 15) is 8.42 Å². The maximum Gasteiger partial charge on any atom is 0.243 e. The van der Waals surface area contributed by atoms with Gasteiger partial charge < -0.3 is 15.2 Å². The van der Waals surface area contributed by atoms with Crippen LogP contribution in [0, 0.1) is 0 Å². The Morgan fingerprint density at radius 2 is 1.94 bits per heavy atom. The fraction of sp³-hybridized carbons (Fsp3) is 0.143. The summed E-state index contributed by atoms with van der Waals surface area (Å²) in [4.78, 5) is 4.06. The number of hydrogen-bond acceptors (Lipinski definition) is 7. The van der Waals surface area contributed by atoms with Crippen molar-refractivity contribution >= 4 is 26.6 Å². The first kappa shape index (κ1) is 20.6. The van der Waals surface area contributed by atoms with Crippen molar-refractivity contribution in [3.05, 3.63) is 66.6 Å². The third-order valence-electron chi connectivity index (χ3n) is 4.78. The number of methoxy groups -OCH3 is 2. The Hall–Kier alpha value is -3.63. The molecular formula is C21H21N5O4S. The van der Waals surface area contributed by atoms with Gasteiger partial charge in [0.15, 0.2) is 0 Å². The quantitative estimate of drug-likeness (QED) is 0.424. The van der Waals surface area contributed by atoms with Gasteiger partial charge in [-0.2, -0.15) is 5.10 Å². The third kappa shape index (κ3) is 4.16. The van der Waals surface area contributed by atoms with Crippen molar-refractivity contribution in [2.75, 3.05) is 20.0 Å². The molecule has 31 heavy (non-hydrogen) atoms. The molecule has 4 aromatic rings. The predicted molar refractivity (Wildman–Crippen MR) is 117 cm³/mol. The van der Waals surface area contributed by atoms with E-state index in [1.807, 2.05) is 0 Å². The molecule has 0 fully saturated rings. The van der Waals surface area contributed by atoms with Crippen molar-refractivity contribution in [3.8, 4) is 17.2 Å². The number of benzene rings is 2. The molecule has 3 N–H and O–H groups in total. The van der Waals surface area contributed by atoms with Crippen molar-refractivity contribution in [2.45, 2.75) is 11.4 Å². The summed E-state index contributed by atoms with van der Waals surface area (Å²) in [6.07, 6.45) is 5.01. The van der Waals surface area contributed by atoms with Gasteiger partial charge in [-0.05, 0) is 30.3 Å². The summed E-state index contributed by atoms with van der Waals surface area (Å²) in [5, 5.41) is 5.28. The zero-order chi connectivity index (χ0) is 22.0. The lowest BCUT2D eigenvalue weighted by atomic mass is 10.2. The average Bonchev–Trinajstić information content (AvgIpc) is 3.21. The summed E-state index contributed by atoms with van der Waals surface area (Å²) in [7, 11) is -0.868. The topological polar surface area (TPSA) is 121 Å². The molecule has 0 saturated carbocycles. The first-order chi connectivity index (χ1) is 14.9. The van der Waals surface area contributed by atoms with Gasteiger partial charge in [0, 0.05) is 41.6 Å². The van der Waals surface area contributed by atoms with E-state index in [0.717, 1.165) is 5.39 Å². The highest BCUT2D eigenvalue weighted by atomic mass is 32.2. The number of nitrogen functional groups attached to an aromatic ring is 1. The van der Waals surface area contributed by atoms with E-state index in [-0.39, 0.29) is 11.4 Å². The minimum absolute atomic E-state index is 0.0146. The van der Waals surface area contributed by atoms with Crippen LogP contribution >= 0.6 is 0 Å². The first-order valence-electron chi connectivity index (χ1n) is 9.31. The fourth-order valence-electron chi connectivity index (χ4n) is 3.17. The Kier molecular flexibility index (Phi) is 5.49. The van der Waals surface area contributed by atoms with Gasteiger partial charge in [0.2, 0.25) is 10.0 Å². The van der Waals surface area contributed by atoms with Gasteiger partial charge in [0.05, 0.1) is 26.1 Å². The number of rotatable bonds is 7. The van der Waals surface area contributed by atoms with Crippen LogP contribution in [0.25, 0.3) is 16.6 Å². The minimum Gasteiger partial charge on any atom is -0.497 e. The summed E-state index contributed by atoms with van der Waals surface area (Å²) in [5.41, 5.74) is 7.91. The van der Waals surface area contributed by atoms with Crippen molar-refractivity contribution in [3.63, 3.8) is 0 Å². The van der Waals surface area contributed by atoms with Crippen LogP contribution in [0.3, 0.4) is 0 Å². The van der Waals surface area contributed by atoms with E-state index in [1.54, 1.807) is 62.1 Å². The number of sulfonamides is 1. The first-order valence-corrected chi connectivity index (χ1v) is 10.8. The second-order valence-electron chi connectivity index (χ2n) is 6.74. The van der Waals surface area contributed by atoms with Crippen molar-refractivity contribution in [1.29, 1.82) is 0 Å². The number of fused-ring (bicyclic) bond motifs is 1. The number of nitrogens with zero attached hydrogens (tertiary/aromatic N) is 3. The van der Waals surface area contributed by atoms with E-state index in [0.29, 0.717) is 34.0 Å². The molecule has 10 heteroatoms. The number of anilines is 1. The molecule has 9 nitrogen and oxygen atoms in total. The molecule has 0 aliphatic heterocycles. The smallest absolute Gasteiger partial charge is 0.243 e. The minimum atomic E-state index is -3.93. The van der Waals surface area contributed by atoms with Gasteiger partial charge >= 0.3 is 0 Å². The van der Waals surface area contributed by atoms with Gasteiger partial charge in [-0.1, -0.05) is 6.07 Å². The van der Waals surface area contributed by atoms with E-state index >= 15 is 0 Å². The number of nitrogens with two attached hydrogens (primary N) is 1. The van der Waals surface area contributed by atoms with Crippen LogP contribution < -0.4 is 19.9 Å². The van der Waals surface area contributed by atoms with Crippen LogP contribution in [0.2, 0.25) is 0 Å². The van der Waals surface area contributed by atoms with E-state index < -0.39 is 10.0 Å². The number of pyridine rings is 1. The summed E-state index contributed by atoms with van der Waals surface area (Å²) in [5.74, 6) is 1.13. The number of hydrogen-bond donors (Lipinski definition) is 2. The highest BCUT2D eigenvalue weighted by Crippen LogP contribution is 2.27. The van der Waals surface area contributed by atoms with Crippen LogP contribution in [-0.2, 0) is 16.6 Å². The molecule has 0 aliphatic rings. The maximum atomic E-state index is 13.2. The summed E-state index contributed by atoms with van der Waals surface area (Å²) < 4.78 is 41.1. The molecule has 0 saturated heterocycles. The Labute approximate surface area is 179 Å². The standard InChI is InChI=1S/C21H21N5O4S/c1-29-17-5-3-14(20(10-17)30-2)11-24-31(27,28)21-9-16(22)4-6-19(21)26-13-15-7-8-23-12-18(15)25-26/h3-10,12-13,24H,11,22H2,1-2H3. The number of nitrogens with one attached hydrogen (secondary N) is 1. The van der Waals surface area contributed by atoms with Crippen LogP contribution in [-0.4, -0.2) is 37.4 Å². The summed E-state index contributed by atoms with van der Waals surface area (Å²) in [6, 6.07) is 11.6. The molecule has 0 unspecified atom stereocenters. The molecular weight excluding hydrogens is 418 g/mol. The number of aromatic nitrogens is 3. The van der Waals surface area contributed by atoms with Crippen LogP contribution in [0.1, 0.15) is 5.56 Å². The lowest BCUT2D eigenvalue weighted by Crippen LogP contribution is -2.25. The normalized spacial score (nSPS) is 11.5. The molecule has 4 rings (SSSR count). The van der Waals surface area contributed by atoms with Crippen LogP contribution in [0.4, 0.5) is 5.69 Å². The molecule has 0 spiro atoms. The lowest BCUT2D eigenvalue weighted by Gasteiger charge is -2.14. The molecule has 2 aromatic carbocycles. The zero-order valence-electron chi connectivity index (χ0n) is 16.9. The Morgan fingerprint density at radius 1 is 1.10 bits per heavy atom. The highest BCUT2D eigenvalue weighted by Gasteiger charge is 2.21. The molecule has 0 radical (unpaired) electrons. The van der Waals surface area contributed by atoms with Gasteiger partial charge in [0.1, 0.15) is 21.9 Å². The Bertz CT molecular complexity index is 1320. The third-order valence-corrected chi connectivity index (χ3v) is 6.21. The zero-order valence-corrected chi connectivity index (χ0v) is 17.8. The van der Waals surface area contributed by atoms with Gasteiger partial charge in [0.25, 0.3) is 0 Å². The monoisotopic (exact) mass is 439 g/mol. The summed E-state index contributed by atoms with van der Waals surface area (Å²) >= 11 is 0. The van der Waals surface area contributed by atoms with Gasteiger partial charge in [-0.3, -0.25) is 4.98 Å². The second-order valence-corrected chi connectivity index (χ2v) is 8.47. The van der Waals surface area contributed by atoms with E-state index in [2.05, 4.69) is 14.8 Å². The summed E-state index contributed by atoms with van der Waals surface area (Å²) in [6.45, 7) is 0.0226. The fourth-order valence-corrected chi connectivity index (χ4v) is 4.40. The van der Waals surface area contributed by atoms with Crippen molar-refractivity contribution < 1.29 is 17.9 Å². The largest absolute Gasteiger partial charge is 0.497 e. The van der Waals surface area contributed by atoms with Crippen molar-refractivity contribution in [2.24, 2.45) is 0 Å². The van der Waals surface area contributed by atoms with Gasteiger partial charge in [-0.15, -0.1) is 0 Å². The maximum absolute atomic E-state index is 13.2. The molecule has 0 atom stereocenters. The SMILES string of the molecule is COc1ccc(CNS(=O)(=O)c2cc(N)ccc2-n2cc3ccncc3n2)c(OC)c1. The number of ether oxygens (including phenoxy) is 2. The predicted octanol–water partition coefficient (Wildman–Crippen LogP) is 2.50. The van der Waals surface area contributed by atoms with E-state index in [4.69, 9.17) is 15.2 Å². The van der Waals surface area contributed by atoms with Crippen molar-refractivity contribution in [1.82, 2.24) is 19.5 Å².